The lowest BCUT2D eigenvalue weighted by Gasteiger charge is -2.15. The minimum Gasteiger partial charge on any atom is -0.497 e. The lowest BCUT2D eigenvalue weighted by Crippen LogP contribution is -2.26. The van der Waals surface area contributed by atoms with Gasteiger partial charge in [0, 0.05) is 29.8 Å². The molecule has 0 saturated carbocycles. The summed E-state index contributed by atoms with van der Waals surface area (Å²) < 4.78 is 6.93. The van der Waals surface area contributed by atoms with E-state index in [1.165, 1.54) is 11.3 Å². The number of ether oxygens (including phenoxy) is 1. The minimum atomic E-state index is -0.865. The van der Waals surface area contributed by atoms with E-state index in [2.05, 4.69) is 0 Å². The molecule has 3 rings (SSSR count). The van der Waals surface area contributed by atoms with Gasteiger partial charge in [0.1, 0.15) is 16.4 Å². The van der Waals surface area contributed by atoms with Crippen LogP contribution in [0.25, 0.3) is 21.3 Å². The Bertz CT molecular complexity index is 1040. The average Bonchev–Trinajstić information content (AvgIpc) is 3.07. The van der Waals surface area contributed by atoms with E-state index >= 15 is 0 Å². The molecule has 27 heavy (non-hydrogen) atoms. The second-order valence-corrected chi connectivity index (χ2v) is 7.50. The van der Waals surface area contributed by atoms with Crippen molar-refractivity contribution in [3.63, 3.8) is 0 Å². The van der Waals surface area contributed by atoms with Crippen molar-refractivity contribution in [3.05, 3.63) is 45.8 Å². The first kappa shape index (κ1) is 19.1. The van der Waals surface area contributed by atoms with Gasteiger partial charge in [-0.1, -0.05) is 26.0 Å². The zero-order chi connectivity index (χ0) is 19.6. The summed E-state index contributed by atoms with van der Waals surface area (Å²) in [4.78, 5) is 29.6. The second-order valence-electron chi connectivity index (χ2n) is 6.64. The number of rotatable bonds is 7. The van der Waals surface area contributed by atoms with Crippen molar-refractivity contribution < 1.29 is 14.6 Å². The van der Waals surface area contributed by atoms with Crippen LogP contribution in [0.5, 0.6) is 5.75 Å². The lowest BCUT2D eigenvalue weighted by molar-refractivity contribution is -0.137. The molecule has 0 unspecified atom stereocenters. The number of carboxylic acids is 1. The van der Waals surface area contributed by atoms with Gasteiger partial charge in [0.05, 0.1) is 12.5 Å². The Kier molecular flexibility index (Phi) is 5.60. The van der Waals surface area contributed by atoms with Gasteiger partial charge in [-0.05, 0) is 24.1 Å². The largest absolute Gasteiger partial charge is 0.497 e. The third-order valence-electron chi connectivity index (χ3n) is 4.39. The van der Waals surface area contributed by atoms with Crippen LogP contribution in [0.2, 0.25) is 0 Å². The fourth-order valence-corrected chi connectivity index (χ4v) is 4.03. The first-order valence-electron chi connectivity index (χ1n) is 8.80. The van der Waals surface area contributed by atoms with Crippen LogP contribution >= 0.6 is 11.3 Å². The van der Waals surface area contributed by atoms with Gasteiger partial charge >= 0.3 is 5.97 Å². The summed E-state index contributed by atoms with van der Waals surface area (Å²) in [6, 6.07) is 7.58. The van der Waals surface area contributed by atoms with Crippen molar-refractivity contribution in [3.8, 4) is 16.9 Å². The second kappa shape index (κ2) is 7.92. The topological polar surface area (TPSA) is 81.4 Å². The fourth-order valence-electron chi connectivity index (χ4n) is 3.09. The number of hydrogen-bond acceptors (Lipinski definition) is 5. The molecular weight excluding hydrogens is 364 g/mol. The number of aliphatic carboxylic acids is 1. The number of aromatic nitrogens is 2. The summed E-state index contributed by atoms with van der Waals surface area (Å²) in [7, 11) is 1.61. The maximum absolute atomic E-state index is 13.3. The van der Waals surface area contributed by atoms with Gasteiger partial charge in [0.2, 0.25) is 0 Å². The van der Waals surface area contributed by atoms with E-state index in [-0.39, 0.29) is 17.9 Å². The molecule has 0 fully saturated rings. The van der Waals surface area contributed by atoms with Crippen LogP contribution in [0.3, 0.4) is 0 Å². The molecule has 1 aromatic carbocycles. The Morgan fingerprint density at radius 3 is 2.81 bits per heavy atom. The molecule has 6 nitrogen and oxygen atoms in total. The summed E-state index contributed by atoms with van der Waals surface area (Å²) in [5, 5.41) is 11.4. The third kappa shape index (κ3) is 3.88. The SMILES string of the molecule is COc1cccc(-c2csc3nc(C(C)C)n(CCCC(=O)O)c(=O)c23)c1. The summed E-state index contributed by atoms with van der Waals surface area (Å²) >= 11 is 1.45. The Morgan fingerprint density at radius 1 is 1.37 bits per heavy atom. The first-order valence-corrected chi connectivity index (χ1v) is 9.68. The van der Waals surface area contributed by atoms with Gasteiger partial charge in [-0.2, -0.15) is 0 Å². The third-order valence-corrected chi connectivity index (χ3v) is 5.26. The predicted octanol–water partition coefficient (Wildman–Crippen LogP) is 4.12. The molecule has 0 saturated heterocycles. The predicted molar refractivity (Wildman–Crippen MR) is 107 cm³/mol. The zero-order valence-corrected chi connectivity index (χ0v) is 16.4. The van der Waals surface area contributed by atoms with Crippen LogP contribution in [0.4, 0.5) is 0 Å². The van der Waals surface area contributed by atoms with E-state index in [0.29, 0.717) is 29.0 Å². The number of fused-ring (bicyclic) bond motifs is 1. The highest BCUT2D eigenvalue weighted by molar-refractivity contribution is 7.17. The molecule has 0 radical (unpaired) electrons. The fraction of sp³-hybridized carbons (Fsp3) is 0.350. The molecule has 0 aliphatic rings. The Morgan fingerprint density at radius 2 is 2.15 bits per heavy atom. The Balaban J connectivity index is 2.16. The highest BCUT2D eigenvalue weighted by Crippen LogP contribution is 2.33. The molecule has 1 N–H and O–H groups in total. The maximum Gasteiger partial charge on any atom is 0.303 e. The number of carboxylic acid groups (broad SMARTS) is 1. The van der Waals surface area contributed by atoms with E-state index in [1.54, 1.807) is 11.7 Å². The molecule has 0 bridgehead atoms. The van der Waals surface area contributed by atoms with Gasteiger partial charge in [0.15, 0.2) is 0 Å². The molecule has 142 valence electrons. The number of methoxy groups -OCH3 is 1. The van der Waals surface area contributed by atoms with Crippen LogP contribution in [0, 0.1) is 0 Å². The smallest absolute Gasteiger partial charge is 0.303 e. The standard InChI is InChI=1S/C20H22N2O4S/c1-12(2)18-21-19-17(20(25)22(18)9-5-8-16(23)24)15(11-27-19)13-6-4-7-14(10-13)26-3/h4,6-7,10-12H,5,8-9H2,1-3H3,(H,23,24). The molecule has 0 aliphatic carbocycles. The van der Waals surface area contributed by atoms with Crippen LogP contribution in [0.1, 0.15) is 38.4 Å². The minimum absolute atomic E-state index is 0.0222. The van der Waals surface area contributed by atoms with Gasteiger partial charge < -0.3 is 9.84 Å². The van der Waals surface area contributed by atoms with Gasteiger partial charge in [0.25, 0.3) is 5.56 Å². The van der Waals surface area contributed by atoms with Crippen LogP contribution in [-0.2, 0) is 11.3 Å². The quantitative estimate of drug-likeness (QED) is 0.660. The van der Waals surface area contributed by atoms with E-state index in [9.17, 15) is 9.59 Å². The molecule has 0 spiro atoms. The molecule has 2 heterocycles. The number of benzene rings is 1. The van der Waals surface area contributed by atoms with Crippen molar-refractivity contribution in [1.29, 1.82) is 0 Å². The molecule has 7 heteroatoms. The summed E-state index contributed by atoms with van der Waals surface area (Å²) in [5.74, 6) is 0.613. The molecule has 3 aromatic rings. The van der Waals surface area contributed by atoms with E-state index in [0.717, 1.165) is 16.9 Å². The van der Waals surface area contributed by atoms with Crippen molar-refractivity contribution in [2.75, 3.05) is 7.11 Å². The Hall–Kier alpha value is -2.67. The number of thiophene rings is 1. The maximum atomic E-state index is 13.3. The van der Waals surface area contributed by atoms with Gasteiger partial charge in [-0.15, -0.1) is 11.3 Å². The van der Waals surface area contributed by atoms with E-state index in [4.69, 9.17) is 14.8 Å². The van der Waals surface area contributed by atoms with Crippen molar-refractivity contribution in [2.45, 2.75) is 39.2 Å². The normalized spacial score (nSPS) is 11.3. The lowest BCUT2D eigenvalue weighted by atomic mass is 10.1. The molecular formula is C20H22N2O4S. The zero-order valence-electron chi connectivity index (χ0n) is 15.6. The highest BCUT2D eigenvalue weighted by Gasteiger charge is 2.19. The van der Waals surface area contributed by atoms with Crippen LogP contribution < -0.4 is 10.3 Å². The first-order chi connectivity index (χ1) is 12.9. The monoisotopic (exact) mass is 386 g/mol. The number of nitrogens with zero attached hydrogens (tertiary/aromatic N) is 2. The molecule has 0 atom stereocenters. The molecule has 0 amide bonds. The summed E-state index contributed by atoms with van der Waals surface area (Å²) in [6.45, 7) is 4.31. The van der Waals surface area contributed by atoms with Crippen LogP contribution in [0.15, 0.2) is 34.4 Å². The van der Waals surface area contributed by atoms with Gasteiger partial charge in [-0.3, -0.25) is 14.2 Å². The Labute approximate surface area is 161 Å². The highest BCUT2D eigenvalue weighted by atomic mass is 32.1. The van der Waals surface area contributed by atoms with E-state index in [1.807, 2.05) is 43.5 Å². The number of carbonyl (C=O) groups is 1. The number of hydrogen-bond donors (Lipinski definition) is 1. The summed E-state index contributed by atoms with van der Waals surface area (Å²) in [5.41, 5.74) is 1.61. The van der Waals surface area contributed by atoms with Gasteiger partial charge in [-0.25, -0.2) is 4.98 Å². The van der Waals surface area contributed by atoms with Crippen LogP contribution in [-0.4, -0.2) is 27.7 Å². The summed E-state index contributed by atoms with van der Waals surface area (Å²) in [6.07, 6.45) is 0.412. The van der Waals surface area contributed by atoms with Crippen molar-refractivity contribution in [1.82, 2.24) is 9.55 Å². The van der Waals surface area contributed by atoms with Crippen molar-refractivity contribution >= 4 is 27.5 Å². The molecule has 0 aliphatic heterocycles. The average molecular weight is 386 g/mol. The van der Waals surface area contributed by atoms with Crippen molar-refractivity contribution in [2.24, 2.45) is 0 Å². The molecule has 2 aromatic heterocycles. The van der Waals surface area contributed by atoms with E-state index < -0.39 is 5.97 Å².